The molecule has 1 spiro atoms. The van der Waals surface area contributed by atoms with Crippen molar-refractivity contribution in [2.45, 2.75) is 19.4 Å². The van der Waals surface area contributed by atoms with Crippen molar-refractivity contribution in [3.05, 3.63) is 35.9 Å². The zero-order chi connectivity index (χ0) is 14.7. The van der Waals surface area contributed by atoms with E-state index in [-0.39, 0.29) is 23.8 Å². The smallest absolute Gasteiger partial charge is 0.320 e. The fraction of sp³-hybridized carbons (Fsp3) is 0.500. The molecule has 2 fully saturated rings. The number of nitrogens with one attached hydrogen (secondary N) is 1. The average Bonchev–Trinajstić information content (AvgIpc) is 3.06. The molecule has 3 rings (SSSR count). The van der Waals surface area contributed by atoms with E-state index in [1.807, 2.05) is 35.2 Å². The first-order valence-electron chi connectivity index (χ1n) is 7.38. The third-order valence-corrected chi connectivity index (χ3v) is 4.40. The van der Waals surface area contributed by atoms with Crippen molar-refractivity contribution in [1.82, 2.24) is 10.2 Å². The summed E-state index contributed by atoms with van der Waals surface area (Å²) in [6.45, 7) is 2.78. The maximum atomic E-state index is 11.9. The molecule has 1 atom stereocenters. The van der Waals surface area contributed by atoms with Gasteiger partial charge in [-0.3, -0.25) is 14.5 Å². The second kappa shape index (κ2) is 5.85. The molecule has 1 amide bonds. The molecule has 21 heavy (non-hydrogen) atoms. The van der Waals surface area contributed by atoms with E-state index in [9.17, 15) is 9.59 Å². The van der Waals surface area contributed by atoms with Crippen LogP contribution in [-0.2, 0) is 20.9 Å². The van der Waals surface area contributed by atoms with Crippen LogP contribution in [0.5, 0.6) is 0 Å². The zero-order valence-corrected chi connectivity index (χ0v) is 12.0. The van der Waals surface area contributed by atoms with Crippen LogP contribution in [0.1, 0.15) is 18.4 Å². The standard InChI is InChI=1S/C16H20N2O3/c19-14(21-11-13-4-2-1-3-5-13)10-18-9-7-16(12-18)6-8-17-15(16)20/h1-5H,6-12H2,(H,17,20)/t16-/m0/s1. The quantitative estimate of drug-likeness (QED) is 0.838. The number of nitrogens with zero attached hydrogens (tertiary/aromatic N) is 1. The van der Waals surface area contributed by atoms with E-state index in [0.29, 0.717) is 13.2 Å². The Bertz CT molecular complexity index is 532. The predicted octanol–water partition coefficient (Wildman–Crippen LogP) is 0.942. The first-order chi connectivity index (χ1) is 10.2. The van der Waals surface area contributed by atoms with Crippen molar-refractivity contribution >= 4 is 11.9 Å². The number of carbonyl (C=O) groups is 2. The Morgan fingerprint density at radius 1 is 1.29 bits per heavy atom. The average molecular weight is 288 g/mol. The summed E-state index contributed by atoms with van der Waals surface area (Å²) in [5.74, 6) is -0.0861. The van der Waals surface area contributed by atoms with E-state index in [4.69, 9.17) is 4.74 Å². The van der Waals surface area contributed by atoms with E-state index < -0.39 is 0 Å². The van der Waals surface area contributed by atoms with Crippen molar-refractivity contribution in [3.63, 3.8) is 0 Å². The van der Waals surface area contributed by atoms with Crippen molar-refractivity contribution in [1.29, 1.82) is 0 Å². The molecule has 1 aromatic rings. The van der Waals surface area contributed by atoms with Crippen LogP contribution in [-0.4, -0.2) is 43.0 Å². The first-order valence-corrected chi connectivity index (χ1v) is 7.38. The summed E-state index contributed by atoms with van der Waals surface area (Å²) in [6, 6.07) is 9.64. The number of esters is 1. The third-order valence-electron chi connectivity index (χ3n) is 4.40. The summed E-state index contributed by atoms with van der Waals surface area (Å²) in [6.07, 6.45) is 1.71. The summed E-state index contributed by atoms with van der Waals surface area (Å²) in [5, 5.41) is 2.89. The summed E-state index contributed by atoms with van der Waals surface area (Å²) >= 11 is 0. The Kier molecular flexibility index (Phi) is 3.92. The highest BCUT2D eigenvalue weighted by atomic mass is 16.5. The largest absolute Gasteiger partial charge is 0.460 e. The highest BCUT2D eigenvalue weighted by molar-refractivity contribution is 5.85. The summed E-state index contributed by atoms with van der Waals surface area (Å²) in [7, 11) is 0. The number of rotatable bonds is 4. The Morgan fingerprint density at radius 2 is 2.10 bits per heavy atom. The number of amides is 1. The van der Waals surface area contributed by atoms with Crippen LogP contribution in [0.15, 0.2) is 30.3 Å². The molecule has 112 valence electrons. The van der Waals surface area contributed by atoms with Crippen LogP contribution in [0.25, 0.3) is 0 Å². The molecular weight excluding hydrogens is 268 g/mol. The van der Waals surface area contributed by atoms with Gasteiger partial charge in [-0.2, -0.15) is 0 Å². The molecule has 2 aliphatic rings. The van der Waals surface area contributed by atoms with Crippen LogP contribution < -0.4 is 5.32 Å². The number of hydrogen-bond acceptors (Lipinski definition) is 4. The molecular formula is C16H20N2O3. The topological polar surface area (TPSA) is 58.6 Å². The molecule has 0 bridgehead atoms. The van der Waals surface area contributed by atoms with Gasteiger partial charge in [-0.15, -0.1) is 0 Å². The fourth-order valence-electron chi connectivity index (χ4n) is 3.17. The van der Waals surface area contributed by atoms with Crippen LogP contribution >= 0.6 is 0 Å². The van der Waals surface area contributed by atoms with E-state index in [1.54, 1.807) is 0 Å². The van der Waals surface area contributed by atoms with Gasteiger partial charge >= 0.3 is 5.97 Å². The maximum Gasteiger partial charge on any atom is 0.320 e. The second-order valence-corrected chi connectivity index (χ2v) is 5.89. The first kappa shape index (κ1) is 14.1. The Balaban J connectivity index is 1.47. The van der Waals surface area contributed by atoms with Gasteiger partial charge in [0.15, 0.2) is 0 Å². The van der Waals surface area contributed by atoms with Crippen molar-refractivity contribution in [2.24, 2.45) is 5.41 Å². The Labute approximate surface area is 124 Å². The van der Waals surface area contributed by atoms with E-state index in [0.717, 1.165) is 31.5 Å². The molecule has 0 saturated carbocycles. The molecule has 1 aromatic carbocycles. The molecule has 0 aliphatic carbocycles. The minimum absolute atomic E-state index is 0.141. The van der Waals surface area contributed by atoms with E-state index >= 15 is 0 Å². The highest BCUT2D eigenvalue weighted by Crippen LogP contribution is 2.36. The minimum Gasteiger partial charge on any atom is -0.460 e. The van der Waals surface area contributed by atoms with Crippen LogP contribution in [0, 0.1) is 5.41 Å². The normalized spacial score (nSPS) is 25.2. The molecule has 2 saturated heterocycles. The van der Waals surface area contributed by atoms with Gasteiger partial charge in [-0.05, 0) is 24.9 Å². The van der Waals surface area contributed by atoms with Gasteiger partial charge in [-0.25, -0.2) is 0 Å². The number of ether oxygens (including phenoxy) is 1. The summed E-state index contributed by atoms with van der Waals surface area (Å²) in [5.41, 5.74) is 0.721. The van der Waals surface area contributed by atoms with Gasteiger partial charge in [-0.1, -0.05) is 30.3 Å². The van der Waals surface area contributed by atoms with Crippen molar-refractivity contribution in [2.75, 3.05) is 26.2 Å². The molecule has 0 aromatic heterocycles. The van der Waals surface area contributed by atoms with Gasteiger partial charge in [0, 0.05) is 13.1 Å². The predicted molar refractivity (Wildman–Crippen MR) is 77.4 cm³/mol. The minimum atomic E-state index is -0.264. The zero-order valence-electron chi connectivity index (χ0n) is 12.0. The fourth-order valence-corrected chi connectivity index (χ4v) is 3.17. The highest BCUT2D eigenvalue weighted by Gasteiger charge is 2.47. The lowest BCUT2D eigenvalue weighted by Gasteiger charge is -2.20. The molecule has 0 radical (unpaired) electrons. The second-order valence-electron chi connectivity index (χ2n) is 5.89. The van der Waals surface area contributed by atoms with Gasteiger partial charge in [0.2, 0.25) is 5.91 Å². The molecule has 2 aliphatic heterocycles. The monoisotopic (exact) mass is 288 g/mol. The van der Waals surface area contributed by atoms with Crippen molar-refractivity contribution < 1.29 is 14.3 Å². The third kappa shape index (κ3) is 3.08. The number of carbonyl (C=O) groups excluding carboxylic acids is 2. The number of hydrogen-bond donors (Lipinski definition) is 1. The van der Waals surface area contributed by atoms with Crippen molar-refractivity contribution in [3.8, 4) is 0 Å². The molecule has 5 nitrogen and oxygen atoms in total. The molecule has 5 heteroatoms. The van der Waals surface area contributed by atoms with Crippen LogP contribution in [0.3, 0.4) is 0 Å². The summed E-state index contributed by atoms with van der Waals surface area (Å²) < 4.78 is 5.29. The summed E-state index contributed by atoms with van der Waals surface area (Å²) in [4.78, 5) is 25.8. The number of likely N-dealkylation sites (tertiary alicyclic amines) is 1. The van der Waals surface area contributed by atoms with Crippen LogP contribution in [0.2, 0.25) is 0 Å². The van der Waals surface area contributed by atoms with Crippen LogP contribution in [0.4, 0.5) is 0 Å². The Morgan fingerprint density at radius 3 is 2.81 bits per heavy atom. The van der Waals surface area contributed by atoms with Gasteiger partial charge in [0.25, 0.3) is 0 Å². The van der Waals surface area contributed by atoms with Gasteiger partial charge in [0.1, 0.15) is 6.61 Å². The maximum absolute atomic E-state index is 11.9. The van der Waals surface area contributed by atoms with E-state index in [1.165, 1.54) is 0 Å². The lowest BCUT2D eigenvalue weighted by atomic mass is 9.86. The number of benzene rings is 1. The lowest BCUT2D eigenvalue weighted by Crippen LogP contribution is -2.36. The molecule has 2 heterocycles. The van der Waals surface area contributed by atoms with Gasteiger partial charge in [0.05, 0.1) is 12.0 Å². The van der Waals surface area contributed by atoms with E-state index in [2.05, 4.69) is 5.32 Å². The molecule has 0 unspecified atom stereocenters. The SMILES string of the molecule is O=C(CN1CC[C@@]2(CCNC2=O)C1)OCc1ccccc1. The lowest BCUT2D eigenvalue weighted by molar-refractivity contribution is -0.146. The van der Waals surface area contributed by atoms with Gasteiger partial charge < -0.3 is 10.1 Å². The Hall–Kier alpha value is -1.88. The molecule has 1 N–H and O–H groups in total.